The minimum absolute atomic E-state index is 0.147. The van der Waals surface area contributed by atoms with Gasteiger partial charge in [0, 0.05) is 32.7 Å². The Kier molecular flexibility index (Phi) is 11.9. The lowest BCUT2D eigenvalue weighted by atomic mass is 9.95. The van der Waals surface area contributed by atoms with Crippen LogP contribution in [0.3, 0.4) is 0 Å². The van der Waals surface area contributed by atoms with Crippen LogP contribution in [0.1, 0.15) is 85.7 Å². The molecule has 15 nitrogen and oxygen atoms in total. The maximum absolute atomic E-state index is 13.7. The number of sulfone groups is 1. The molecule has 0 aliphatic carbocycles. The van der Waals surface area contributed by atoms with Gasteiger partial charge in [0.2, 0.25) is 29.5 Å². The summed E-state index contributed by atoms with van der Waals surface area (Å²) in [5.41, 5.74) is 13.1. The molecule has 312 valence electrons. The fraction of sp³-hybridized carbons (Fsp3) is 0.442. The molecule has 1 unspecified atom stereocenters. The van der Waals surface area contributed by atoms with Gasteiger partial charge < -0.3 is 16.4 Å². The van der Waals surface area contributed by atoms with Gasteiger partial charge in [-0.3, -0.25) is 43.3 Å². The lowest BCUT2D eigenvalue weighted by Gasteiger charge is -2.27. The number of amides is 5. The summed E-state index contributed by atoms with van der Waals surface area (Å²) in [5, 5.41) is 7.91. The van der Waals surface area contributed by atoms with Crippen LogP contribution in [-0.2, 0) is 73.1 Å². The topological polar surface area (TPSA) is 212 Å². The van der Waals surface area contributed by atoms with Crippen molar-refractivity contribution in [3.05, 3.63) is 92.9 Å². The van der Waals surface area contributed by atoms with Gasteiger partial charge in [-0.05, 0) is 104 Å². The van der Waals surface area contributed by atoms with Crippen molar-refractivity contribution in [2.45, 2.75) is 113 Å². The first-order valence-electron chi connectivity index (χ1n) is 20.2. The van der Waals surface area contributed by atoms with Crippen LogP contribution < -0.4 is 32.3 Å². The Hall–Kier alpha value is -5.61. The minimum Gasteiger partial charge on any atom is -0.350 e. The van der Waals surface area contributed by atoms with Crippen molar-refractivity contribution in [2.24, 2.45) is 12.8 Å². The van der Waals surface area contributed by atoms with E-state index >= 15 is 0 Å². The predicted molar refractivity (Wildman–Crippen MR) is 221 cm³/mol. The lowest BCUT2D eigenvalue weighted by molar-refractivity contribution is -0.135. The number of rotatable bonds is 14. The summed E-state index contributed by atoms with van der Waals surface area (Å²) in [6, 6.07) is 13.1. The van der Waals surface area contributed by atoms with Crippen molar-refractivity contribution in [2.75, 3.05) is 11.2 Å². The highest BCUT2D eigenvalue weighted by molar-refractivity contribution is 7.90. The molecule has 4 aromatic rings. The quantitative estimate of drug-likeness (QED) is 0.109. The number of hydrogen-bond donors (Lipinski definition) is 4. The van der Waals surface area contributed by atoms with Crippen molar-refractivity contribution in [1.82, 2.24) is 25.1 Å². The van der Waals surface area contributed by atoms with Gasteiger partial charge in [-0.1, -0.05) is 43.2 Å². The fourth-order valence-corrected chi connectivity index (χ4v) is 9.18. The number of benzene rings is 3. The Morgan fingerprint density at radius 2 is 1.54 bits per heavy atom. The number of nitrogens with zero attached hydrogens (tertiary/aromatic N) is 3. The molecule has 7 rings (SSSR count). The van der Waals surface area contributed by atoms with E-state index in [0.717, 1.165) is 78.2 Å². The van der Waals surface area contributed by atoms with Gasteiger partial charge in [0.15, 0.2) is 9.84 Å². The summed E-state index contributed by atoms with van der Waals surface area (Å²) in [4.78, 5) is 79.3. The van der Waals surface area contributed by atoms with Gasteiger partial charge in [0.25, 0.3) is 0 Å². The van der Waals surface area contributed by atoms with E-state index in [4.69, 9.17) is 5.73 Å². The highest BCUT2D eigenvalue weighted by Crippen LogP contribution is 2.40. The number of imide groups is 1. The normalized spacial score (nSPS) is 19.6. The number of aryl methyl sites for hydroxylation is 4. The number of carbonyl (C=O) groups is 5. The smallest absolute Gasteiger partial charge is 0.329 e. The SMILES string of the molecule is C[C@H](NC(=O)[C@@H]1Cc2cc(CCCCCCc3ccc4c(c3)n(C)c(=O)n4C3CCC(=O)NC3=O)cc3c2N1C(=O)[C@@H](N)CC3)C(=O)NCc1ccc(S(C)(=O)=O)cc1. The first-order valence-corrected chi connectivity index (χ1v) is 22.1. The Bertz CT molecular complexity index is 2510. The maximum Gasteiger partial charge on any atom is 0.329 e. The van der Waals surface area contributed by atoms with E-state index in [1.807, 2.05) is 18.2 Å². The molecule has 59 heavy (non-hydrogen) atoms. The van der Waals surface area contributed by atoms with Gasteiger partial charge >= 0.3 is 5.69 Å². The van der Waals surface area contributed by atoms with Crippen molar-refractivity contribution in [1.29, 1.82) is 0 Å². The summed E-state index contributed by atoms with van der Waals surface area (Å²) in [7, 11) is -1.64. The van der Waals surface area contributed by atoms with Crippen LogP contribution in [0.2, 0.25) is 0 Å². The molecule has 1 aromatic heterocycles. The first-order chi connectivity index (χ1) is 28.1. The van der Waals surface area contributed by atoms with Crippen molar-refractivity contribution in [3.63, 3.8) is 0 Å². The molecule has 4 atom stereocenters. The van der Waals surface area contributed by atoms with Gasteiger partial charge in [-0.2, -0.15) is 0 Å². The van der Waals surface area contributed by atoms with E-state index in [0.29, 0.717) is 36.8 Å². The van der Waals surface area contributed by atoms with Gasteiger partial charge in [0.05, 0.1) is 27.7 Å². The summed E-state index contributed by atoms with van der Waals surface area (Å²) < 4.78 is 26.6. The molecule has 16 heteroatoms. The zero-order valence-corrected chi connectivity index (χ0v) is 34.4. The molecule has 5 N–H and O–H groups in total. The Morgan fingerprint density at radius 3 is 2.24 bits per heavy atom. The second-order valence-electron chi connectivity index (χ2n) is 16.1. The minimum atomic E-state index is -3.34. The number of aromatic nitrogens is 2. The summed E-state index contributed by atoms with van der Waals surface area (Å²) in [5.74, 6) is -1.94. The van der Waals surface area contributed by atoms with Crippen LogP contribution in [-0.4, -0.2) is 71.5 Å². The zero-order chi connectivity index (χ0) is 42.2. The summed E-state index contributed by atoms with van der Waals surface area (Å²) in [6.45, 7) is 1.72. The fourth-order valence-electron chi connectivity index (χ4n) is 8.55. The Balaban J connectivity index is 0.928. The number of fused-ring (bicyclic) bond motifs is 1. The highest BCUT2D eigenvalue weighted by atomic mass is 32.2. The standard InChI is InChI=1S/C43H51N7O8S/c1-25(39(52)45-24-27-10-14-31(15-11-27)59(3,57)58)46-41(54)36-23-30-21-28(20-29-13-16-32(44)42(55)50(36)38(29)30)9-7-5-4-6-8-26-12-17-33-35(22-26)48(2)43(56)49(33)34-18-19-37(51)47-40(34)53/h10-12,14-15,17,20-22,25,32,34,36H,4-9,13,16,18-19,23-24,44H2,1-3H3,(H,45,52)(H,46,54)(H,47,51,53)/t25-,32-,34?,36-/m0/s1. The third kappa shape index (κ3) is 8.74. The maximum atomic E-state index is 13.7. The van der Waals surface area contributed by atoms with E-state index in [2.05, 4.69) is 28.1 Å². The number of imidazole rings is 1. The van der Waals surface area contributed by atoms with Gasteiger partial charge in [0.1, 0.15) is 18.1 Å². The number of unbranched alkanes of at least 4 members (excludes halogenated alkanes) is 3. The lowest BCUT2D eigenvalue weighted by Crippen LogP contribution is -2.55. The van der Waals surface area contributed by atoms with Crippen LogP contribution in [0.15, 0.2) is 64.3 Å². The average molecular weight is 826 g/mol. The van der Waals surface area contributed by atoms with E-state index in [1.165, 1.54) is 21.6 Å². The monoisotopic (exact) mass is 825 g/mol. The van der Waals surface area contributed by atoms with Crippen molar-refractivity contribution >= 4 is 56.1 Å². The molecule has 3 aliphatic rings. The second-order valence-corrected chi connectivity index (χ2v) is 18.1. The highest BCUT2D eigenvalue weighted by Gasteiger charge is 2.43. The van der Waals surface area contributed by atoms with Crippen molar-refractivity contribution < 1.29 is 32.4 Å². The second kappa shape index (κ2) is 16.9. The third-order valence-corrected chi connectivity index (χ3v) is 12.9. The molecule has 0 bridgehead atoms. The summed E-state index contributed by atoms with van der Waals surface area (Å²) in [6.07, 6.45) is 8.62. The van der Waals surface area contributed by atoms with E-state index in [-0.39, 0.29) is 35.4 Å². The first kappa shape index (κ1) is 41.5. The van der Waals surface area contributed by atoms with E-state index in [9.17, 15) is 37.2 Å². The van der Waals surface area contributed by atoms with Crippen LogP contribution >= 0.6 is 0 Å². The molecular weight excluding hydrogens is 775 g/mol. The van der Waals surface area contributed by atoms with E-state index in [1.54, 1.807) is 30.7 Å². The number of carbonyl (C=O) groups excluding carboxylic acids is 5. The molecular formula is C43H51N7O8S. The number of piperidine rings is 1. The van der Waals surface area contributed by atoms with E-state index < -0.39 is 51.7 Å². The number of hydrogen-bond acceptors (Lipinski definition) is 9. The zero-order valence-electron chi connectivity index (χ0n) is 33.6. The van der Waals surface area contributed by atoms with Crippen LogP contribution in [0, 0.1) is 0 Å². The van der Waals surface area contributed by atoms with Crippen LogP contribution in [0.5, 0.6) is 0 Å². The molecule has 3 aromatic carbocycles. The molecule has 1 saturated heterocycles. The van der Waals surface area contributed by atoms with Gasteiger partial charge in [-0.15, -0.1) is 0 Å². The molecule has 4 heterocycles. The van der Waals surface area contributed by atoms with Crippen molar-refractivity contribution in [3.8, 4) is 0 Å². The number of anilines is 1. The Labute approximate surface area is 342 Å². The van der Waals surface area contributed by atoms with Gasteiger partial charge in [-0.25, -0.2) is 13.2 Å². The number of nitrogens with one attached hydrogen (secondary N) is 3. The largest absolute Gasteiger partial charge is 0.350 e. The molecule has 3 aliphatic heterocycles. The molecule has 0 spiro atoms. The molecule has 0 saturated carbocycles. The predicted octanol–water partition coefficient (Wildman–Crippen LogP) is 2.42. The molecule has 1 fully saturated rings. The van der Waals surface area contributed by atoms with Crippen LogP contribution in [0.4, 0.5) is 5.69 Å². The Morgan fingerprint density at radius 1 is 0.864 bits per heavy atom. The number of nitrogens with two attached hydrogens (primary N) is 1. The molecule has 0 radical (unpaired) electrons. The third-order valence-electron chi connectivity index (χ3n) is 11.8. The summed E-state index contributed by atoms with van der Waals surface area (Å²) >= 11 is 0. The average Bonchev–Trinajstić information content (AvgIpc) is 3.66. The molecule has 5 amide bonds. The van der Waals surface area contributed by atoms with Crippen LogP contribution in [0.25, 0.3) is 11.0 Å².